The minimum atomic E-state index is 0.545. The fourth-order valence-electron chi connectivity index (χ4n) is 1.96. The van der Waals surface area contributed by atoms with Crippen LogP contribution in [0.25, 0.3) is 11.5 Å². The molecule has 0 unspecified atom stereocenters. The van der Waals surface area contributed by atoms with Gasteiger partial charge in [-0.05, 0) is 24.3 Å². The monoisotopic (exact) mass is 299 g/mol. The lowest BCUT2D eigenvalue weighted by Crippen LogP contribution is -2.05. The Labute approximate surface area is 127 Å². The van der Waals surface area contributed by atoms with Gasteiger partial charge in [-0.1, -0.05) is 41.9 Å². The van der Waals surface area contributed by atoms with Crippen LogP contribution in [0.5, 0.6) is 0 Å². The van der Waals surface area contributed by atoms with Crippen molar-refractivity contribution < 1.29 is 4.42 Å². The summed E-state index contributed by atoms with van der Waals surface area (Å²) in [5.41, 5.74) is 1.83. The van der Waals surface area contributed by atoms with Crippen LogP contribution in [0.2, 0.25) is 5.02 Å². The molecule has 0 radical (unpaired) electrons. The van der Waals surface area contributed by atoms with Gasteiger partial charge in [-0.2, -0.15) is 0 Å². The van der Waals surface area contributed by atoms with Crippen molar-refractivity contribution >= 4 is 17.3 Å². The van der Waals surface area contributed by atoms with Gasteiger partial charge in [-0.25, -0.2) is 0 Å². The van der Waals surface area contributed by atoms with Crippen LogP contribution in [0.1, 0.15) is 5.89 Å². The van der Waals surface area contributed by atoms with Crippen LogP contribution in [0, 0.1) is 0 Å². The van der Waals surface area contributed by atoms with E-state index < -0.39 is 0 Å². The van der Waals surface area contributed by atoms with Crippen LogP contribution < -0.4 is 5.32 Å². The molecule has 0 aliphatic carbocycles. The average Bonchev–Trinajstić information content (AvgIpc) is 2.99. The van der Waals surface area contributed by atoms with E-state index in [0.29, 0.717) is 29.8 Å². The molecule has 2 aromatic carbocycles. The maximum Gasteiger partial charge on any atom is 0.247 e. The van der Waals surface area contributed by atoms with E-state index >= 15 is 0 Å². The summed E-state index contributed by atoms with van der Waals surface area (Å²) in [6.07, 6.45) is 0.644. The van der Waals surface area contributed by atoms with E-state index in [2.05, 4.69) is 15.5 Å². The third kappa shape index (κ3) is 3.41. The second-order valence-electron chi connectivity index (χ2n) is 4.52. The lowest BCUT2D eigenvalue weighted by molar-refractivity contribution is 0.509. The smallest absolute Gasteiger partial charge is 0.247 e. The van der Waals surface area contributed by atoms with Crippen molar-refractivity contribution in [3.63, 3.8) is 0 Å². The zero-order valence-electron chi connectivity index (χ0n) is 11.3. The van der Waals surface area contributed by atoms with Gasteiger partial charge in [-0.3, -0.25) is 0 Å². The number of hydrogen-bond acceptors (Lipinski definition) is 4. The summed E-state index contributed by atoms with van der Waals surface area (Å²) < 4.78 is 5.64. The quantitative estimate of drug-likeness (QED) is 0.772. The molecule has 3 aromatic rings. The van der Waals surface area contributed by atoms with Gasteiger partial charge < -0.3 is 9.73 Å². The van der Waals surface area contributed by atoms with Gasteiger partial charge in [0.25, 0.3) is 0 Å². The highest BCUT2D eigenvalue weighted by atomic mass is 35.5. The third-order valence-corrected chi connectivity index (χ3v) is 3.35. The van der Waals surface area contributed by atoms with Crippen molar-refractivity contribution in [3.05, 3.63) is 65.5 Å². The number of nitrogens with zero attached hydrogens (tertiary/aromatic N) is 2. The van der Waals surface area contributed by atoms with Gasteiger partial charge in [0.1, 0.15) is 0 Å². The molecule has 3 rings (SSSR count). The summed E-state index contributed by atoms with van der Waals surface area (Å²) in [4.78, 5) is 0. The van der Waals surface area contributed by atoms with Gasteiger partial charge >= 0.3 is 0 Å². The Morgan fingerprint density at radius 3 is 2.52 bits per heavy atom. The van der Waals surface area contributed by atoms with Crippen molar-refractivity contribution in [2.75, 3.05) is 11.9 Å². The van der Waals surface area contributed by atoms with Crippen LogP contribution in [-0.4, -0.2) is 16.7 Å². The number of hydrogen-bond donors (Lipinski definition) is 1. The summed E-state index contributed by atoms with van der Waals surface area (Å²) in [6.45, 7) is 0.681. The average molecular weight is 300 g/mol. The van der Waals surface area contributed by atoms with Crippen LogP contribution in [0.3, 0.4) is 0 Å². The Hall–Kier alpha value is -2.33. The predicted octanol–water partition coefficient (Wildman–Crippen LogP) is 4.04. The Morgan fingerprint density at radius 2 is 1.71 bits per heavy atom. The molecule has 5 heteroatoms. The van der Waals surface area contributed by atoms with E-state index in [4.69, 9.17) is 16.0 Å². The first-order chi connectivity index (χ1) is 10.3. The molecule has 1 N–H and O–H groups in total. The van der Waals surface area contributed by atoms with E-state index in [9.17, 15) is 0 Å². The molecule has 4 nitrogen and oxygen atoms in total. The Balaban J connectivity index is 1.60. The van der Waals surface area contributed by atoms with Crippen LogP contribution in [0.4, 0.5) is 5.69 Å². The zero-order valence-corrected chi connectivity index (χ0v) is 12.0. The van der Waals surface area contributed by atoms with Crippen molar-refractivity contribution in [2.24, 2.45) is 0 Å². The van der Waals surface area contributed by atoms with Crippen molar-refractivity contribution in [2.45, 2.75) is 6.42 Å². The zero-order chi connectivity index (χ0) is 14.5. The fraction of sp³-hybridized carbons (Fsp3) is 0.125. The molecule has 0 fully saturated rings. The van der Waals surface area contributed by atoms with Gasteiger partial charge in [0, 0.05) is 18.5 Å². The molecule has 0 spiro atoms. The topological polar surface area (TPSA) is 51.0 Å². The molecular weight excluding hydrogens is 286 g/mol. The number of benzene rings is 2. The molecule has 21 heavy (non-hydrogen) atoms. The molecule has 0 saturated carbocycles. The first-order valence-corrected chi connectivity index (χ1v) is 7.07. The van der Waals surface area contributed by atoms with Gasteiger partial charge in [-0.15, -0.1) is 10.2 Å². The first kappa shape index (κ1) is 13.6. The lowest BCUT2D eigenvalue weighted by Gasteiger charge is -2.05. The molecule has 1 heterocycles. The third-order valence-electron chi connectivity index (χ3n) is 3.02. The normalized spacial score (nSPS) is 10.5. The molecule has 0 aliphatic rings. The van der Waals surface area contributed by atoms with E-state index in [1.54, 1.807) is 0 Å². The molecule has 0 atom stereocenters. The Bertz CT molecular complexity index is 712. The number of rotatable bonds is 5. The SMILES string of the molecule is Clc1ccccc1NCCc1nnc(-c2ccccc2)o1. The maximum atomic E-state index is 6.08. The van der Waals surface area contributed by atoms with Crippen LogP contribution >= 0.6 is 11.6 Å². The number of para-hydroxylation sites is 1. The summed E-state index contributed by atoms with van der Waals surface area (Å²) in [7, 11) is 0. The van der Waals surface area contributed by atoms with E-state index in [1.165, 1.54) is 0 Å². The number of halogens is 1. The fourth-order valence-corrected chi connectivity index (χ4v) is 2.16. The van der Waals surface area contributed by atoms with Crippen LogP contribution in [0.15, 0.2) is 59.0 Å². The van der Waals surface area contributed by atoms with Crippen molar-refractivity contribution in [1.29, 1.82) is 0 Å². The first-order valence-electron chi connectivity index (χ1n) is 6.69. The maximum absolute atomic E-state index is 6.08. The largest absolute Gasteiger partial charge is 0.421 e. The van der Waals surface area contributed by atoms with Gasteiger partial charge in [0.15, 0.2) is 0 Å². The van der Waals surface area contributed by atoms with Crippen molar-refractivity contribution in [3.8, 4) is 11.5 Å². The minimum Gasteiger partial charge on any atom is -0.421 e. The van der Waals surface area contributed by atoms with Gasteiger partial charge in [0.05, 0.1) is 10.7 Å². The second kappa shape index (κ2) is 6.41. The van der Waals surface area contributed by atoms with E-state index in [0.717, 1.165) is 11.3 Å². The highest BCUT2D eigenvalue weighted by molar-refractivity contribution is 6.33. The highest BCUT2D eigenvalue weighted by Crippen LogP contribution is 2.20. The molecule has 0 saturated heterocycles. The Kier molecular flexibility index (Phi) is 4.17. The summed E-state index contributed by atoms with van der Waals surface area (Å²) in [6, 6.07) is 17.4. The number of aromatic nitrogens is 2. The predicted molar refractivity (Wildman–Crippen MR) is 83.4 cm³/mol. The molecule has 0 amide bonds. The van der Waals surface area contributed by atoms with Crippen molar-refractivity contribution in [1.82, 2.24) is 10.2 Å². The molecular formula is C16H14ClN3O. The highest BCUT2D eigenvalue weighted by Gasteiger charge is 2.07. The lowest BCUT2D eigenvalue weighted by atomic mass is 10.2. The summed E-state index contributed by atoms with van der Waals surface area (Å²) in [5.74, 6) is 1.15. The minimum absolute atomic E-state index is 0.545. The van der Waals surface area contributed by atoms with E-state index in [-0.39, 0.29) is 0 Å². The van der Waals surface area contributed by atoms with Gasteiger partial charge in [0.2, 0.25) is 11.8 Å². The summed E-state index contributed by atoms with van der Waals surface area (Å²) in [5, 5.41) is 12.1. The molecule has 0 aliphatic heterocycles. The van der Waals surface area contributed by atoms with E-state index in [1.807, 2.05) is 54.6 Å². The van der Waals surface area contributed by atoms with Crippen LogP contribution in [-0.2, 0) is 6.42 Å². The molecule has 106 valence electrons. The molecule has 0 bridgehead atoms. The summed E-state index contributed by atoms with van der Waals surface area (Å²) >= 11 is 6.08. The number of nitrogens with one attached hydrogen (secondary N) is 1. The number of anilines is 1. The molecule has 1 aromatic heterocycles. The Morgan fingerprint density at radius 1 is 0.952 bits per heavy atom. The second-order valence-corrected chi connectivity index (χ2v) is 4.93. The standard InChI is InChI=1S/C16H14ClN3O/c17-13-8-4-5-9-14(13)18-11-10-15-19-20-16(21-15)12-6-2-1-3-7-12/h1-9,18H,10-11H2.